The van der Waals surface area contributed by atoms with Crippen molar-refractivity contribution in [2.24, 2.45) is 0 Å². The van der Waals surface area contributed by atoms with Crippen LogP contribution in [0.3, 0.4) is 0 Å². The fourth-order valence-corrected chi connectivity index (χ4v) is 4.45. The fraction of sp³-hybridized carbons (Fsp3) is 0.267. The maximum atomic E-state index is 13.9. The van der Waals surface area contributed by atoms with Gasteiger partial charge in [0, 0.05) is 32.2 Å². The first-order valence-electron chi connectivity index (χ1n) is 7.83. The largest absolute Gasteiger partial charge is 0.364 e. The average molecular weight is 420 g/mol. The lowest BCUT2D eigenvalue weighted by Crippen LogP contribution is -2.49. The number of nitrogens with zero attached hydrogens (tertiary/aromatic N) is 4. The Morgan fingerprint density at radius 1 is 0.964 bits per heavy atom. The molecule has 1 fully saturated rings. The van der Waals surface area contributed by atoms with E-state index in [9.17, 15) is 36.1 Å². The van der Waals surface area contributed by atoms with Gasteiger partial charge in [0.15, 0.2) is 4.90 Å². The Kier molecular flexibility index (Phi) is 5.21. The van der Waals surface area contributed by atoms with Gasteiger partial charge in [0.25, 0.3) is 17.6 Å². The summed E-state index contributed by atoms with van der Waals surface area (Å²) in [5.74, 6) is -7.00. The highest BCUT2D eigenvalue weighted by atomic mass is 32.2. The van der Waals surface area contributed by atoms with Gasteiger partial charge in [-0.3, -0.25) is 10.1 Å². The van der Waals surface area contributed by atoms with E-state index in [1.54, 1.807) is 0 Å². The normalized spacial score (nSPS) is 15.6. The zero-order valence-corrected chi connectivity index (χ0v) is 14.8. The van der Waals surface area contributed by atoms with Crippen molar-refractivity contribution in [1.82, 2.24) is 9.29 Å². The van der Waals surface area contributed by atoms with Crippen molar-refractivity contribution >= 4 is 21.4 Å². The van der Waals surface area contributed by atoms with E-state index >= 15 is 0 Å². The molecule has 0 spiro atoms. The molecular formula is C15H12F4N4O4S. The Bertz CT molecular complexity index is 1020. The number of sulfonamides is 1. The summed E-state index contributed by atoms with van der Waals surface area (Å²) < 4.78 is 80.7. The third-order valence-electron chi connectivity index (χ3n) is 4.21. The van der Waals surface area contributed by atoms with Gasteiger partial charge < -0.3 is 4.90 Å². The number of anilines is 1. The number of rotatable bonds is 4. The first-order chi connectivity index (χ1) is 13.1. The molecule has 1 aliphatic rings. The summed E-state index contributed by atoms with van der Waals surface area (Å²) in [4.78, 5) is 13.1. The van der Waals surface area contributed by atoms with Crippen molar-refractivity contribution in [3.63, 3.8) is 0 Å². The number of pyridine rings is 1. The molecule has 0 unspecified atom stereocenters. The smallest absolute Gasteiger partial charge is 0.289 e. The van der Waals surface area contributed by atoms with E-state index in [0.717, 1.165) is 21.3 Å². The van der Waals surface area contributed by atoms with Gasteiger partial charge in [0.2, 0.25) is 21.7 Å². The predicted molar refractivity (Wildman–Crippen MR) is 88.1 cm³/mol. The molecule has 1 aliphatic heterocycles. The molecule has 0 aliphatic carbocycles. The minimum Gasteiger partial charge on any atom is -0.364 e. The highest BCUT2D eigenvalue weighted by Gasteiger charge is 2.35. The fourth-order valence-electron chi connectivity index (χ4n) is 2.87. The predicted octanol–water partition coefficient (Wildman–Crippen LogP) is 2.06. The van der Waals surface area contributed by atoms with Crippen LogP contribution in [-0.2, 0) is 10.0 Å². The lowest BCUT2D eigenvalue weighted by molar-refractivity contribution is -0.387. The molecule has 13 heteroatoms. The molecule has 2 heterocycles. The summed E-state index contributed by atoms with van der Waals surface area (Å²) >= 11 is 0. The van der Waals surface area contributed by atoms with Crippen LogP contribution < -0.4 is 4.90 Å². The van der Waals surface area contributed by atoms with E-state index < -0.39 is 54.7 Å². The Hall–Kier alpha value is -2.80. The average Bonchev–Trinajstić information content (AvgIpc) is 2.67. The van der Waals surface area contributed by atoms with E-state index in [-0.39, 0.29) is 26.2 Å². The summed E-state index contributed by atoms with van der Waals surface area (Å²) in [6.45, 7) is -1.20. The monoisotopic (exact) mass is 420 g/mol. The molecule has 1 aromatic carbocycles. The van der Waals surface area contributed by atoms with Crippen molar-refractivity contribution in [3.05, 3.63) is 57.9 Å². The minimum absolute atomic E-state index is 0.295. The van der Waals surface area contributed by atoms with E-state index in [4.69, 9.17) is 0 Å². The lowest BCUT2D eigenvalue weighted by Gasteiger charge is -2.35. The second kappa shape index (κ2) is 7.31. The van der Waals surface area contributed by atoms with Gasteiger partial charge in [-0.05, 0) is 6.07 Å². The number of para-hydroxylation sites is 1. The molecule has 0 N–H and O–H groups in total. The molecule has 3 rings (SSSR count). The summed E-state index contributed by atoms with van der Waals surface area (Å²) in [5, 5.41) is 11.1. The lowest BCUT2D eigenvalue weighted by atomic mass is 10.2. The molecule has 1 aromatic heterocycles. The molecule has 1 saturated heterocycles. The van der Waals surface area contributed by atoms with E-state index in [1.807, 2.05) is 0 Å². The summed E-state index contributed by atoms with van der Waals surface area (Å²) in [6, 6.07) is 4.75. The quantitative estimate of drug-likeness (QED) is 0.325. The minimum atomic E-state index is -4.26. The number of hydrogen-bond donors (Lipinski definition) is 0. The van der Waals surface area contributed by atoms with Crippen molar-refractivity contribution in [2.45, 2.75) is 4.90 Å². The number of halogens is 4. The Labute approximate surface area is 156 Å². The topological polar surface area (TPSA) is 96.6 Å². The maximum absolute atomic E-state index is 13.9. The highest BCUT2D eigenvalue weighted by Crippen LogP contribution is 2.30. The SMILES string of the molecule is O=[N+]([O-])c1ccccc1S(=O)(=O)N1CCN(c2c(F)c(F)nc(F)c2F)CC1. The molecular weight excluding hydrogens is 408 g/mol. The molecule has 150 valence electrons. The number of piperazine rings is 1. The van der Waals surface area contributed by atoms with Gasteiger partial charge >= 0.3 is 0 Å². The summed E-state index contributed by atoms with van der Waals surface area (Å²) in [6.07, 6.45) is 0. The summed E-state index contributed by atoms with van der Waals surface area (Å²) in [5.41, 5.74) is -1.59. The van der Waals surface area contributed by atoms with Crippen LogP contribution in [-0.4, -0.2) is 48.8 Å². The van der Waals surface area contributed by atoms with Crippen molar-refractivity contribution in [3.8, 4) is 0 Å². The Balaban J connectivity index is 1.86. The molecule has 0 atom stereocenters. The van der Waals surface area contributed by atoms with Gasteiger partial charge in [-0.15, -0.1) is 0 Å². The number of nitro benzene ring substituents is 1. The zero-order valence-electron chi connectivity index (χ0n) is 14.0. The van der Waals surface area contributed by atoms with E-state index in [0.29, 0.717) is 0 Å². The van der Waals surface area contributed by atoms with E-state index in [2.05, 4.69) is 4.98 Å². The third kappa shape index (κ3) is 3.38. The van der Waals surface area contributed by atoms with Gasteiger partial charge in [-0.2, -0.15) is 26.9 Å². The summed E-state index contributed by atoms with van der Waals surface area (Å²) in [7, 11) is -4.26. The molecule has 0 radical (unpaired) electrons. The van der Waals surface area contributed by atoms with Gasteiger partial charge in [-0.1, -0.05) is 12.1 Å². The first-order valence-corrected chi connectivity index (χ1v) is 9.27. The molecule has 8 nitrogen and oxygen atoms in total. The molecule has 2 aromatic rings. The maximum Gasteiger partial charge on any atom is 0.289 e. The van der Waals surface area contributed by atoms with Gasteiger partial charge in [0.05, 0.1) is 4.92 Å². The molecule has 0 amide bonds. The van der Waals surface area contributed by atoms with Crippen LogP contribution in [0.15, 0.2) is 29.2 Å². The van der Waals surface area contributed by atoms with Crippen LogP contribution in [0.2, 0.25) is 0 Å². The third-order valence-corrected chi connectivity index (χ3v) is 6.16. The van der Waals surface area contributed by atoms with Crippen LogP contribution in [0.4, 0.5) is 28.9 Å². The van der Waals surface area contributed by atoms with Crippen LogP contribution in [0.5, 0.6) is 0 Å². The molecule has 0 saturated carbocycles. The molecule has 0 bridgehead atoms. The standard InChI is InChI=1S/C15H12F4N4O4S/c16-11-13(12(17)15(19)20-14(11)18)21-5-7-22(8-6-21)28(26,27)10-4-2-1-3-9(10)23(24)25/h1-4H,5-8H2. The van der Waals surface area contributed by atoms with Crippen LogP contribution in [0.25, 0.3) is 0 Å². The second-order valence-corrected chi connectivity index (χ2v) is 7.69. The van der Waals surface area contributed by atoms with Crippen LogP contribution in [0, 0.1) is 33.6 Å². The first kappa shape index (κ1) is 19.9. The number of aromatic nitrogens is 1. The Morgan fingerprint density at radius 3 is 2.04 bits per heavy atom. The molecule has 28 heavy (non-hydrogen) atoms. The number of benzene rings is 1. The number of hydrogen-bond acceptors (Lipinski definition) is 6. The highest BCUT2D eigenvalue weighted by molar-refractivity contribution is 7.89. The van der Waals surface area contributed by atoms with Gasteiger partial charge in [-0.25, -0.2) is 8.42 Å². The zero-order chi connectivity index (χ0) is 20.6. The van der Waals surface area contributed by atoms with E-state index in [1.165, 1.54) is 12.1 Å². The van der Waals surface area contributed by atoms with Crippen molar-refractivity contribution in [2.75, 3.05) is 31.1 Å². The van der Waals surface area contributed by atoms with Crippen molar-refractivity contribution in [1.29, 1.82) is 0 Å². The second-order valence-electron chi connectivity index (χ2n) is 5.79. The van der Waals surface area contributed by atoms with Crippen LogP contribution >= 0.6 is 0 Å². The van der Waals surface area contributed by atoms with Crippen molar-refractivity contribution < 1.29 is 30.9 Å². The van der Waals surface area contributed by atoms with Crippen LogP contribution in [0.1, 0.15) is 0 Å². The number of nitro groups is 1. The van der Waals surface area contributed by atoms with Gasteiger partial charge in [0.1, 0.15) is 5.69 Å². The Morgan fingerprint density at radius 2 is 1.50 bits per heavy atom.